The molecule has 2 aliphatic heterocycles. The number of rotatable bonds is 10. The van der Waals surface area contributed by atoms with Gasteiger partial charge in [-0.2, -0.15) is 0 Å². The number of ketones is 1. The first-order valence-corrected chi connectivity index (χ1v) is 15.8. The Morgan fingerprint density at radius 1 is 1.12 bits per heavy atom. The number of hydrogen-bond acceptors (Lipinski definition) is 7. The van der Waals surface area contributed by atoms with E-state index in [9.17, 15) is 37.1 Å². The molecule has 0 aliphatic carbocycles. The monoisotopic (exact) mass is 723 g/mol. The van der Waals surface area contributed by atoms with Gasteiger partial charge in [0.05, 0.1) is 11.9 Å². The molecular formula is C32H30Cl2F3N5O7. The number of carbonyl (C=O) groups excluding carboxylic acids is 4. The maximum absolute atomic E-state index is 14.2. The minimum Gasteiger partial charge on any atom is -0.481 e. The Labute approximate surface area is 287 Å². The number of carboxylic acid groups (broad SMARTS) is 1. The number of piperidine rings is 1. The molecule has 1 saturated heterocycles. The predicted octanol–water partition coefficient (Wildman–Crippen LogP) is 5.13. The number of aliphatic carboxylic acids is 1. The SMILES string of the molecule is C[C@H](NC(=O)c1cnc2n1[C@](C)(Cc1ccc(OC(F)(F)F)cc1)C(=O)N2c1cc(Cl)cc(Cl)c1)C(=O)N1CCC[C@@H](C(=O)CC(=O)O)C1. The van der Waals surface area contributed by atoms with E-state index in [4.69, 9.17) is 28.3 Å². The third-order valence-corrected chi connectivity index (χ3v) is 8.81. The van der Waals surface area contributed by atoms with E-state index in [2.05, 4.69) is 15.0 Å². The summed E-state index contributed by atoms with van der Waals surface area (Å²) in [5.41, 5.74) is -0.966. The van der Waals surface area contributed by atoms with Crippen molar-refractivity contribution in [1.29, 1.82) is 0 Å². The second-order valence-corrected chi connectivity index (χ2v) is 12.9. The van der Waals surface area contributed by atoms with Crippen LogP contribution >= 0.6 is 23.2 Å². The van der Waals surface area contributed by atoms with Crippen LogP contribution in [-0.2, 0) is 31.1 Å². The third-order valence-electron chi connectivity index (χ3n) is 8.38. The van der Waals surface area contributed by atoms with Crippen LogP contribution in [0.1, 0.15) is 49.2 Å². The average molecular weight is 725 g/mol. The van der Waals surface area contributed by atoms with Crippen LogP contribution in [0.2, 0.25) is 10.0 Å². The van der Waals surface area contributed by atoms with Crippen LogP contribution in [0.3, 0.4) is 0 Å². The Balaban J connectivity index is 1.43. The number of benzene rings is 2. The van der Waals surface area contributed by atoms with E-state index in [1.54, 1.807) is 6.92 Å². The summed E-state index contributed by atoms with van der Waals surface area (Å²) >= 11 is 12.5. The summed E-state index contributed by atoms with van der Waals surface area (Å²) in [5, 5.41) is 12.1. The number of aromatic nitrogens is 2. The molecule has 1 fully saturated rings. The minimum absolute atomic E-state index is 0.0176. The molecule has 3 amide bonds. The van der Waals surface area contributed by atoms with Gasteiger partial charge in [0, 0.05) is 35.5 Å². The van der Waals surface area contributed by atoms with Gasteiger partial charge in [0.15, 0.2) is 0 Å². The van der Waals surface area contributed by atoms with Gasteiger partial charge in [-0.25, -0.2) is 9.88 Å². The van der Waals surface area contributed by atoms with Gasteiger partial charge in [-0.15, -0.1) is 13.2 Å². The molecule has 0 saturated carbocycles. The lowest BCUT2D eigenvalue weighted by molar-refractivity contribution is -0.274. The molecule has 1 aromatic heterocycles. The summed E-state index contributed by atoms with van der Waals surface area (Å²) in [7, 11) is 0. The van der Waals surface area contributed by atoms with Gasteiger partial charge in [0.2, 0.25) is 11.9 Å². The van der Waals surface area contributed by atoms with E-state index in [1.807, 2.05) is 0 Å². The maximum Gasteiger partial charge on any atom is 0.573 e. The van der Waals surface area contributed by atoms with Gasteiger partial charge < -0.3 is 20.1 Å². The number of nitrogens with zero attached hydrogens (tertiary/aromatic N) is 4. The Hall–Kier alpha value is -4.63. The van der Waals surface area contributed by atoms with Gasteiger partial charge in [-0.1, -0.05) is 35.3 Å². The molecule has 2 N–H and O–H groups in total. The predicted molar refractivity (Wildman–Crippen MR) is 170 cm³/mol. The van der Waals surface area contributed by atoms with Crippen molar-refractivity contribution in [3.05, 3.63) is 70.0 Å². The lowest BCUT2D eigenvalue weighted by atomic mass is 9.91. The molecule has 2 aromatic carbocycles. The molecule has 12 nitrogen and oxygen atoms in total. The number of ether oxygens (including phenoxy) is 1. The molecular weight excluding hydrogens is 694 g/mol. The standard InChI is InChI=1S/C32H30Cl2F3N5O7/c1-17(28(47)40-9-3-4-19(16-40)25(43)13-26(44)45)39-27(46)24-15-38-30-41(22-11-20(33)10-21(34)12-22)29(48)31(2,42(24)30)14-18-5-7-23(8-6-18)49-32(35,36)37/h5-8,10-12,15,17,19H,3-4,9,13-14,16H2,1-2H3,(H,39,46)(H,44,45)/t17-,19+,31+/m0/s1. The van der Waals surface area contributed by atoms with E-state index in [1.165, 1.54) is 57.8 Å². The van der Waals surface area contributed by atoms with E-state index in [0.29, 0.717) is 24.9 Å². The fraction of sp³-hybridized carbons (Fsp3) is 0.375. The number of amides is 3. The van der Waals surface area contributed by atoms with E-state index < -0.39 is 65.5 Å². The molecule has 260 valence electrons. The molecule has 5 rings (SSSR count). The van der Waals surface area contributed by atoms with Gasteiger partial charge >= 0.3 is 12.3 Å². The van der Waals surface area contributed by atoms with Crippen LogP contribution in [0.5, 0.6) is 5.75 Å². The quantitative estimate of drug-likeness (QED) is 0.274. The van der Waals surface area contributed by atoms with Crippen molar-refractivity contribution < 1.29 is 47.0 Å². The van der Waals surface area contributed by atoms with Crippen molar-refractivity contribution in [2.24, 2.45) is 5.92 Å². The van der Waals surface area contributed by atoms with Crippen LogP contribution in [0.15, 0.2) is 48.7 Å². The highest BCUT2D eigenvalue weighted by Gasteiger charge is 2.51. The Morgan fingerprint density at radius 3 is 2.39 bits per heavy atom. The number of halogens is 5. The number of carbonyl (C=O) groups is 5. The van der Waals surface area contributed by atoms with Crippen molar-refractivity contribution in [3.63, 3.8) is 0 Å². The van der Waals surface area contributed by atoms with E-state index >= 15 is 0 Å². The molecule has 0 spiro atoms. The fourth-order valence-corrected chi connectivity index (χ4v) is 6.69. The van der Waals surface area contributed by atoms with Crippen molar-refractivity contribution in [2.45, 2.75) is 57.5 Å². The lowest BCUT2D eigenvalue weighted by Gasteiger charge is -2.33. The van der Waals surface area contributed by atoms with Gasteiger partial charge in [-0.3, -0.25) is 28.5 Å². The summed E-state index contributed by atoms with van der Waals surface area (Å²) < 4.78 is 43.5. The zero-order valence-electron chi connectivity index (χ0n) is 26.1. The second-order valence-electron chi connectivity index (χ2n) is 12.0. The summed E-state index contributed by atoms with van der Waals surface area (Å²) in [5.74, 6) is -4.59. The highest BCUT2D eigenvalue weighted by Crippen LogP contribution is 2.43. The fourth-order valence-electron chi connectivity index (χ4n) is 6.18. The van der Waals surface area contributed by atoms with Crippen LogP contribution in [0.4, 0.5) is 24.8 Å². The Kier molecular flexibility index (Phi) is 9.98. The zero-order chi connectivity index (χ0) is 35.8. The van der Waals surface area contributed by atoms with Crippen LogP contribution in [0.25, 0.3) is 0 Å². The maximum atomic E-state index is 14.2. The second kappa shape index (κ2) is 13.7. The molecule has 49 heavy (non-hydrogen) atoms. The molecule has 0 unspecified atom stereocenters. The molecule has 3 heterocycles. The van der Waals surface area contributed by atoms with Crippen LogP contribution in [-0.4, -0.2) is 74.5 Å². The number of carboxylic acids is 1. The average Bonchev–Trinajstić information content (AvgIpc) is 3.53. The van der Waals surface area contributed by atoms with Crippen molar-refractivity contribution in [1.82, 2.24) is 19.8 Å². The molecule has 0 radical (unpaired) electrons. The largest absolute Gasteiger partial charge is 0.573 e. The van der Waals surface area contributed by atoms with Gasteiger partial charge in [0.25, 0.3) is 11.8 Å². The first-order chi connectivity index (χ1) is 23.0. The number of anilines is 2. The number of likely N-dealkylation sites (tertiary alicyclic amines) is 1. The van der Waals surface area contributed by atoms with Crippen molar-refractivity contribution >= 4 is 64.3 Å². The number of alkyl halides is 3. The molecule has 2 aliphatic rings. The summed E-state index contributed by atoms with van der Waals surface area (Å²) in [4.78, 5) is 71.7. The number of nitrogens with one attached hydrogen (secondary N) is 1. The number of fused-ring (bicyclic) bond motifs is 1. The first-order valence-electron chi connectivity index (χ1n) is 15.0. The lowest BCUT2D eigenvalue weighted by Crippen LogP contribution is -2.51. The van der Waals surface area contributed by atoms with Gasteiger partial charge in [-0.05, 0) is 62.6 Å². The molecule has 3 aromatic rings. The highest BCUT2D eigenvalue weighted by molar-refractivity contribution is 6.35. The third kappa shape index (κ3) is 7.67. The summed E-state index contributed by atoms with van der Waals surface area (Å²) in [6.07, 6.45) is -3.49. The van der Waals surface area contributed by atoms with Crippen molar-refractivity contribution in [3.8, 4) is 5.75 Å². The first kappa shape index (κ1) is 35.7. The van der Waals surface area contributed by atoms with Gasteiger partial charge in [0.1, 0.15) is 35.2 Å². The smallest absolute Gasteiger partial charge is 0.481 e. The highest BCUT2D eigenvalue weighted by atomic mass is 35.5. The number of hydrogen-bond donors (Lipinski definition) is 2. The number of imidazole rings is 1. The molecule has 0 bridgehead atoms. The topological polar surface area (TPSA) is 151 Å². The normalized spacial score (nSPS) is 19.7. The Morgan fingerprint density at radius 2 is 1.78 bits per heavy atom. The van der Waals surface area contributed by atoms with Crippen LogP contribution in [0, 0.1) is 5.92 Å². The van der Waals surface area contributed by atoms with Crippen molar-refractivity contribution in [2.75, 3.05) is 18.0 Å². The molecule has 3 atom stereocenters. The number of Topliss-reactive ketones (excluding diaryl/α,β-unsaturated/α-hetero) is 1. The minimum atomic E-state index is -4.90. The zero-order valence-corrected chi connectivity index (χ0v) is 27.6. The van der Waals surface area contributed by atoms with E-state index in [-0.39, 0.29) is 40.3 Å². The summed E-state index contributed by atoms with van der Waals surface area (Å²) in [6, 6.07) is 8.28. The van der Waals surface area contributed by atoms with Crippen LogP contribution < -0.4 is 15.0 Å². The Bertz CT molecular complexity index is 1800. The molecule has 17 heteroatoms. The van der Waals surface area contributed by atoms with E-state index in [0.717, 1.165) is 12.1 Å². The summed E-state index contributed by atoms with van der Waals surface area (Å²) in [6.45, 7) is 3.33.